The van der Waals surface area contributed by atoms with Gasteiger partial charge in [-0.2, -0.15) is 18.4 Å². The van der Waals surface area contributed by atoms with Crippen LogP contribution in [0.25, 0.3) is 0 Å². The van der Waals surface area contributed by atoms with Crippen LogP contribution < -0.4 is 4.74 Å². The predicted molar refractivity (Wildman–Crippen MR) is 73.3 cm³/mol. The zero-order valence-electron chi connectivity index (χ0n) is 10.9. The first kappa shape index (κ1) is 15.3. The summed E-state index contributed by atoms with van der Waals surface area (Å²) in [5, 5.41) is 8.71. The summed E-state index contributed by atoms with van der Waals surface area (Å²) in [6.45, 7) is 0. The Kier molecular flexibility index (Phi) is 4.43. The molecule has 0 aromatic heterocycles. The van der Waals surface area contributed by atoms with E-state index in [-0.39, 0.29) is 10.6 Å². The SMILES string of the molecule is COc1ccc(Sc2ccc(C#N)cc2)c(C(F)(F)F)c1. The van der Waals surface area contributed by atoms with Crippen LogP contribution in [0.15, 0.2) is 52.3 Å². The molecule has 0 atom stereocenters. The van der Waals surface area contributed by atoms with Crippen molar-refractivity contribution in [1.29, 1.82) is 5.26 Å². The summed E-state index contributed by atoms with van der Waals surface area (Å²) < 4.78 is 44.1. The summed E-state index contributed by atoms with van der Waals surface area (Å²) in [4.78, 5) is 0.720. The third-order valence-corrected chi connectivity index (χ3v) is 3.79. The second kappa shape index (κ2) is 6.10. The van der Waals surface area contributed by atoms with E-state index in [0.29, 0.717) is 10.5 Å². The number of benzene rings is 2. The Bertz CT molecular complexity index is 675. The lowest BCUT2D eigenvalue weighted by atomic mass is 10.2. The average molecular weight is 309 g/mol. The molecule has 0 amide bonds. The quantitative estimate of drug-likeness (QED) is 0.821. The van der Waals surface area contributed by atoms with E-state index in [1.165, 1.54) is 19.2 Å². The number of nitrogens with zero attached hydrogens (tertiary/aromatic N) is 1. The summed E-state index contributed by atoms with van der Waals surface area (Å²) in [5.41, 5.74) is -0.277. The number of ether oxygens (including phenoxy) is 1. The highest BCUT2D eigenvalue weighted by atomic mass is 32.2. The molecule has 0 spiro atoms. The van der Waals surface area contributed by atoms with E-state index in [9.17, 15) is 13.2 Å². The van der Waals surface area contributed by atoms with Gasteiger partial charge in [0.15, 0.2) is 0 Å². The van der Waals surface area contributed by atoms with Crippen LogP contribution in [0.2, 0.25) is 0 Å². The van der Waals surface area contributed by atoms with Crippen molar-refractivity contribution in [3.8, 4) is 11.8 Å². The normalized spacial score (nSPS) is 11.0. The Labute approximate surface area is 124 Å². The van der Waals surface area contributed by atoms with Gasteiger partial charge in [-0.1, -0.05) is 11.8 Å². The summed E-state index contributed by atoms with van der Waals surface area (Å²) in [7, 11) is 1.32. The van der Waals surface area contributed by atoms with Gasteiger partial charge in [0, 0.05) is 9.79 Å². The summed E-state index contributed by atoms with van der Waals surface area (Å²) in [5.74, 6) is 0.159. The molecule has 21 heavy (non-hydrogen) atoms. The highest BCUT2D eigenvalue weighted by molar-refractivity contribution is 7.99. The lowest BCUT2D eigenvalue weighted by Gasteiger charge is -2.13. The van der Waals surface area contributed by atoms with E-state index in [1.807, 2.05) is 6.07 Å². The van der Waals surface area contributed by atoms with Crippen LogP contribution in [-0.2, 0) is 6.18 Å². The van der Waals surface area contributed by atoms with Gasteiger partial charge in [-0.15, -0.1) is 0 Å². The van der Waals surface area contributed by atoms with Crippen molar-refractivity contribution in [3.05, 3.63) is 53.6 Å². The number of rotatable bonds is 3. The van der Waals surface area contributed by atoms with Gasteiger partial charge < -0.3 is 4.74 Å². The van der Waals surface area contributed by atoms with Crippen molar-refractivity contribution >= 4 is 11.8 Å². The van der Waals surface area contributed by atoms with Crippen LogP contribution in [0.3, 0.4) is 0 Å². The number of hydrogen-bond donors (Lipinski definition) is 0. The maximum absolute atomic E-state index is 13.1. The zero-order chi connectivity index (χ0) is 15.5. The molecule has 0 aliphatic rings. The molecular weight excluding hydrogens is 299 g/mol. The lowest BCUT2D eigenvalue weighted by molar-refractivity contribution is -0.139. The van der Waals surface area contributed by atoms with Crippen LogP contribution in [0.5, 0.6) is 5.75 Å². The van der Waals surface area contributed by atoms with Gasteiger partial charge >= 0.3 is 6.18 Å². The second-order valence-corrected chi connectivity index (χ2v) is 5.21. The first-order chi connectivity index (χ1) is 9.94. The third kappa shape index (κ3) is 3.70. The van der Waals surface area contributed by atoms with E-state index in [2.05, 4.69) is 0 Å². The van der Waals surface area contributed by atoms with E-state index < -0.39 is 11.7 Å². The molecule has 2 rings (SSSR count). The molecule has 2 aromatic carbocycles. The highest BCUT2D eigenvalue weighted by Gasteiger charge is 2.34. The van der Waals surface area contributed by atoms with Gasteiger partial charge in [-0.25, -0.2) is 0 Å². The standard InChI is InChI=1S/C15H10F3NOS/c1-20-11-4-7-14(13(8-11)15(16,17)18)21-12-5-2-10(9-19)3-6-12/h2-8H,1H3. The van der Waals surface area contributed by atoms with Gasteiger partial charge in [0.1, 0.15) is 5.75 Å². The van der Waals surface area contributed by atoms with Crippen LogP contribution >= 0.6 is 11.8 Å². The summed E-state index contributed by atoms with van der Waals surface area (Å²) in [6.07, 6.45) is -4.45. The molecule has 6 heteroatoms. The fourth-order valence-corrected chi connectivity index (χ4v) is 2.62. The van der Waals surface area contributed by atoms with Gasteiger partial charge in [0.2, 0.25) is 0 Å². The van der Waals surface area contributed by atoms with Crippen molar-refractivity contribution in [3.63, 3.8) is 0 Å². The summed E-state index contributed by atoms with van der Waals surface area (Å²) in [6, 6.07) is 12.2. The first-order valence-electron chi connectivity index (χ1n) is 5.87. The van der Waals surface area contributed by atoms with Crippen LogP contribution in [0.4, 0.5) is 13.2 Å². The van der Waals surface area contributed by atoms with Crippen molar-refractivity contribution in [2.24, 2.45) is 0 Å². The Morgan fingerprint density at radius 2 is 1.76 bits per heavy atom. The zero-order valence-corrected chi connectivity index (χ0v) is 11.8. The minimum Gasteiger partial charge on any atom is -0.497 e. The Morgan fingerprint density at radius 3 is 2.29 bits per heavy atom. The predicted octanol–water partition coefficient (Wildman–Crippen LogP) is 4.74. The van der Waals surface area contributed by atoms with Crippen molar-refractivity contribution < 1.29 is 17.9 Å². The topological polar surface area (TPSA) is 33.0 Å². The molecule has 0 N–H and O–H groups in total. The van der Waals surface area contributed by atoms with Gasteiger partial charge in [-0.05, 0) is 42.5 Å². The highest BCUT2D eigenvalue weighted by Crippen LogP contribution is 2.41. The van der Waals surface area contributed by atoms with Crippen molar-refractivity contribution in [2.75, 3.05) is 7.11 Å². The molecule has 0 saturated carbocycles. The van der Waals surface area contributed by atoms with Gasteiger partial charge in [0.05, 0.1) is 24.3 Å². The van der Waals surface area contributed by atoms with E-state index in [0.717, 1.165) is 17.8 Å². The molecular formula is C15H10F3NOS. The number of alkyl halides is 3. The molecule has 0 saturated heterocycles. The maximum atomic E-state index is 13.1. The molecule has 0 bridgehead atoms. The Balaban J connectivity index is 2.36. The van der Waals surface area contributed by atoms with Gasteiger partial charge in [-0.3, -0.25) is 0 Å². The smallest absolute Gasteiger partial charge is 0.417 e. The largest absolute Gasteiger partial charge is 0.497 e. The molecule has 0 aliphatic heterocycles. The molecule has 2 aromatic rings. The third-order valence-electron chi connectivity index (χ3n) is 2.70. The molecule has 0 heterocycles. The summed E-state index contributed by atoms with van der Waals surface area (Å²) >= 11 is 0.995. The van der Waals surface area contributed by atoms with E-state index in [1.54, 1.807) is 24.3 Å². The second-order valence-electron chi connectivity index (χ2n) is 4.10. The first-order valence-corrected chi connectivity index (χ1v) is 6.69. The van der Waals surface area contributed by atoms with E-state index in [4.69, 9.17) is 10.00 Å². The number of hydrogen-bond acceptors (Lipinski definition) is 3. The molecule has 0 radical (unpaired) electrons. The molecule has 0 fully saturated rings. The van der Waals surface area contributed by atoms with Gasteiger partial charge in [0.25, 0.3) is 0 Å². The average Bonchev–Trinajstić information content (AvgIpc) is 2.47. The minimum atomic E-state index is -4.45. The van der Waals surface area contributed by atoms with Crippen LogP contribution in [0.1, 0.15) is 11.1 Å². The fourth-order valence-electron chi connectivity index (χ4n) is 1.67. The molecule has 0 aliphatic carbocycles. The van der Waals surface area contributed by atoms with Crippen LogP contribution in [-0.4, -0.2) is 7.11 Å². The number of nitriles is 1. The lowest BCUT2D eigenvalue weighted by Crippen LogP contribution is -2.07. The molecule has 0 unspecified atom stereocenters. The molecule has 2 nitrogen and oxygen atoms in total. The molecule has 108 valence electrons. The monoisotopic (exact) mass is 309 g/mol. The fraction of sp³-hybridized carbons (Fsp3) is 0.133. The van der Waals surface area contributed by atoms with Crippen molar-refractivity contribution in [1.82, 2.24) is 0 Å². The Morgan fingerprint density at radius 1 is 1.10 bits per heavy atom. The minimum absolute atomic E-state index is 0.0907. The van der Waals surface area contributed by atoms with E-state index >= 15 is 0 Å². The van der Waals surface area contributed by atoms with Crippen LogP contribution in [0, 0.1) is 11.3 Å². The Hall–Kier alpha value is -2.13. The number of halogens is 3. The van der Waals surface area contributed by atoms with Crippen molar-refractivity contribution in [2.45, 2.75) is 16.0 Å². The maximum Gasteiger partial charge on any atom is 0.417 e. The number of methoxy groups -OCH3 is 1.